The normalized spacial score (nSPS) is 11.6. The molecule has 0 aromatic heterocycles. The van der Waals surface area contributed by atoms with Crippen molar-refractivity contribution in [3.8, 4) is 5.75 Å². The molecule has 0 aliphatic rings. The van der Waals surface area contributed by atoms with Crippen LogP contribution in [0.4, 0.5) is 0 Å². The van der Waals surface area contributed by atoms with Crippen molar-refractivity contribution in [2.24, 2.45) is 0 Å². The third kappa shape index (κ3) is 44.8. The highest BCUT2D eigenvalue weighted by molar-refractivity contribution is 5.33. The third-order valence-corrected chi connectivity index (χ3v) is 8.58. The zero-order chi connectivity index (χ0) is 43.5. The van der Waals surface area contributed by atoms with Crippen LogP contribution in [0.1, 0.15) is 57.4 Å². The minimum Gasteiger partial charge on any atom is -0.491 e. The van der Waals surface area contributed by atoms with Gasteiger partial charge >= 0.3 is 0 Å². The molecule has 0 unspecified atom stereocenters. The smallest absolute Gasteiger partial charge is 0.122 e. The van der Waals surface area contributed by atoms with Crippen LogP contribution in [-0.4, -0.2) is 203 Å². The maximum absolute atomic E-state index is 8.60. The highest BCUT2D eigenvalue weighted by Gasteiger charge is 2.04. The molecule has 1 N–H and O–H groups in total. The number of unbranched alkanes of at least 4 members (excludes halogenated alkanes) is 6. The Bertz CT molecular complexity index is 965. The number of para-hydroxylation sites is 1. The molecule has 0 saturated heterocycles. The summed E-state index contributed by atoms with van der Waals surface area (Å²) < 4.78 is 82.7. The molecule has 61 heavy (non-hydrogen) atoms. The van der Waals surface area contributed by atoms with Gasteiger partial charge < -0.3 is 76.2 Å². The number of aryl methyl sites for hydroxylation is 1. The van der Waals surface area contributed by atoms with Gasteiger partial charge in [0.05, 0.1) is 192 Å². The van der Waals surface area contributed by atoms with Gasteiger partial charge in [0.15, 0.2) is 0 Å². The van der Waals surface area contributed by atoms with E-state index in [1.54, 1.807) is 0 Å². The number of ether oxygens (including phenoxy) is 15. The predicted molar refractivity (Wildman–Crippen MR) is 232 cm³/mol. The molecule has 1 aromatic carbocycles. The van der Waals surface area contributed by atoms with Crippen molar-refractivity contribution in [1.82, 2.24) is 0 Å². The minimum atomic E-state index is 0.0226. The topological polar surface area (TPSA) is 159 Å². The molecule has 0 atom stereocenters. The molecule has 1 rings (SSSR count). The standard InChI is InChI=1S/C45H84O16/c1-2-3-4-5-6-7-8-11-44-12-9-10-13-45(44)61-43-42-60-41-40-59-39-38-58-37-36-57-35-34-56-33-32-55-31-30-54-29-28-53-27-26-52-25-24-51-23-22-50-21-20-49-19-18-48-17-16-47-15-14-46/h9-10,12-13,46H,2-8,11,14-43H2,1H3. The number of hydrogen-bond donors (Lipinski definition) is 1. The van der Waals surface area contributed by atoms with Crippen LogP contribution in [0.5, 0.6) is 5.75 Å². The summed E-state index contributed by atoms with van der Waals surface area (Å²) in [5.74, 6) is 0.971. The van der Waals surface area contributed by atoms with Crippen LogP contribution in [0.25, 0.3) is 0 Å². The number of hydrogen-bond acceptors (Lipinski definition) is 16. The fourth-order valence-corrected chi connectivity index (χ4v) is 5.36. The molecule has 0 radical (unpaired) electrons. The highest BCUT2D eigenvalue weighted by atomic mass is 16.6. The molecule has 0 bridgehead atoms. The second-order valence-electron chi connectivity index (χ2n) is 13.6. The van der Waals surface area contributed by atoms with E-state index < -0.39 is 0 Å². The molecule has 0 spiro atoms. The molecule has 16 nitrogen and oxygen atoms in total. The Hall–Kier alpha value is -1.58. The molecule has 0 saturated carbocycles. The first-order valence-electron chi connectivity index (χ1n) is 22.8. The summed E-state index contributed by atoms with van der Waals surface area (Å²) in [4.78, 5) is 0. The average Bonchev–Trinajstić information content (AvgIpc) is 3.28. The molecule has 16 heteroatoms. The van der Waals surface area contributed by atoms with Gasteiger partial charge in [0, 0.05) is 0 Å². The van der Waals surface area contributed by atoms with Crippen LogP contribution >= 0.6 is 0 Å². The summed E-state index contributed by atoms with van der Waals surface area (Å²) in [5, 5.41) is 8.60. The van der Waals surface area contributed by atoms with Crippen LogP contribution in [0, 0.1) is 0 Å². The molecule has 1 aromatic rings. The lowest BCUT2D eigenvalue weighted by atomic mass is 10.0. The van der Waals surface area contributed by atoms with E-state index in [0.29, 0.717) is 192 Å². The fourth-order valence-electron chi connectivity index (χ4n) is 5.36. The van der Waals surface area contributed by atoms with Gasteiger partial charge in [-0.1, -0.05) is 63.6 Å². The quantitative estimate of drug-likeness (QED) is 0.0906. The average molecular weight is 881 g/mol. The Labute approximate surface area is 367 Å². The Morgan fingerprint density at radius 2 is 0.574 bits per heavy atom. The van der Waals surface area contributed by atoms with Crippen LogP contribution in [0.2, 0.25) is 0 Å². The van der Waals surface area contributed by atoms with Gasteiger partial charge in [-0.05, 0) is 24.5 Å². The van der Waals surface area contributed by atoms with Gasteiger partial charge in [-0.15, -0.1) is 0 Å². The first-order valence-corrected chi connectivity index (χ1v) is 22.8. The zero-order valence-electron chi connectivity index (χ0n) is 37.8. The number of benzene rings is 1. The summed E-state index contributed by atoms with van der Waals surface area (Å²) in [5.41, 5.74) is 1.28. The first-order chi connectivity index (χ1) is 30.4. The molecule has 0 heterocycles. The zero-order valence-corrected chi connectivity index (χ0v) is 37.8. The van der Waals surface area contributed by atoms with E-state index in [0.717, 1.165) is 12.2 Å². The van der Waals surface area contributed by atoms with E-state index in [-0.39, 0.29) is 6.61 Å². The lowest BCUT2D eigenvalue weighted by Gasteiger charge is -2.12. The molecule has 360 valence electrons. The van der Waals surface area contributed by atoms with Gasteiger partial charge in [-0.2, -0.15) is 0 Å². The van der Waals surface area contributed by atoms with Gasteiger partial charge in [0.25, 0.3) is 0 Å². The van der Waals surface area contributed by atoms with Crippen molar-refractivity contribution < 1.29 is 76.2 Å². The van der Waals surface area contributed by atoms with E-state index in [9.17, 15) is 0 Å². The van der Waals surface area contributed by atoms with Crippen molar-refractivity contribution in [3.63, 3.8) is 0 Å². The summed E-state index contributed by atoms with van der Waals surface area (Å²) in [6, 6.07) is 8.34. The predicted octanol–water partition coefficient (Wildman–Crippen LogP) is 4.58. The van der Waals surface area contributed by atoms with E-state index in [1.165, 1.54) is 50.5 Å². The van der Waals surface area contributed by atoms with Gasteiger partial charge in [-0.25, -0.2) is 0 Å². The Morgan fingerprint density at radius 1 is 0.311 bits per heavy atom. The SMILES string of the molecule is CCCCCCCCCc1ccccc1OCCOCCOCCOCCOCCOCCOCCOCCOCCOCCOCCOCCOCCOCCOCCO. The largest absolute Gasteiger partial charge is 0.491 e. The Morgan fingerprint density at radius 3 is 0.885 bits per heavy atom. The van der Waals surface area contributed by atoms with Crippen LogP contribution in [-0.2, 0) is 72.7 Å². The second-order valence-corrected chi connectivity index (χ2v) is 13.6. The summed E-state index contributed by atoms with van der Waals surface area (Å²) in [6.07, 6.45) is 10.2. The fraction of sp³-hybridized carbons (Fsp3) is 0.867. The third-order valence-electron chi connectivity index (χ3n) is 8.58. The first kappa shape index (κ1) is 57.4. The maximum Gasteiger partial charge on any atom is 0.122 e. The molecular weight excluding hydrogens is 796 g/mol. The van der Waals surface area contributed by atoms with Crippen molar-refractivity contribution in [1.29, 1.82) is 0 Å². The van der Waals surface area contributed by atoms with Crippen molar-refractivity contribution in [2.45, 2.75) is 58.3 Å². The van der Waals surface area contributed by atoms with Crippen LogP contribution in [0.15, 0.2) is 24.3 Å². The maximum atomic E-state index is 8.60. The number of rotatable bonds is 53. The Kier molecular flexibility index (Phi) is 48.1. The van der Waals surface area contributed by atoms with Crippen molar-refractivity contribution in [2.75, 3.05) is 198 Å². The van der Waals surface area contributed by atoms with Gasteiger partial charge in [0.1, 0.15) is 12.4 Å². The minimum absolute atomic E-state index is 0.0226. The molecule has 0 amide bonds. The van der Waals surface area contributed by atoms with E-state index in [2.05, 4.69) is 25.1 Å². The van der Waals surface area contributed by atoms with E-state index in [1.807, 2.05) is 6.07 Å². The van der Waals surface area contributed by atoms with Crippen molar-refractivity contribution >= 4 is 0 Å². The molecule has 0 aliphatic carbocycles. The highest BCUT2D eigenvalue weighted by Crippen LogP contribution is 2.21. The van der Waals surface area contributed by atoms with E-state index >= 15 is 0 Å². The summed E-state index contributed by atoms with van der Waals surface area (Å²) in [7, 11) is 0. The second kappa shape index (κ2) is 51.1. The lowest BCUT2D eigenvalue weighted by molar-refractivity contribution is -0.0298. The molecule has 0 aliphatic heterocycles. The van der Waals surface area contributed by atoms with Crippen LogP contribution < -0.4 is 4.74 Å². The number of aliphatic hydroxyl groups is 1. The lowest BCUT2D eigenvalue weighted by Crippen LogP contribution is -2.16. The molecular formula is C45H84O16. The van der Waals surface area contributed by atoms with E-state index in [4.69, 9.17) is 76.2 Å². The molecule has 0 fully saturated rings. The summed E-state index contributed by atoms with van der Waals surface area (Å²) in [6.45, 7) is 16.7. The summed E-state index contributed by atoms with van der Waals surface area (Å²) >= 11 is 0. The van der Waals surface area contributed by atoms with Gasteiger partial charge in [-0.3, -0.25) is 0 Å². The van der Waals surface area contributed by atoms with Crippen molar-refractivity contribution in [3.05, 3.63) is 29.8 Å². The monoisotopic (exact) mass is 881 g/mol. The van der Waals surface area contributed by atoms with Crippen LogP contribution in [0.3, 0.4) is 0 Å². The van der Waals surface area contributed by atoms with Gasteiger partial charge in [0.2, 0.25) is 0 Å². The number of aliphatic hydroxyl groups excluding tert-OH is 1. The Balaban J connectivity index is 1.67.